The van der Waals surface area contributed by atoms with Crippen molar-refractivity contribution >= 4 is 39.1 Å². The number of halogens is 3. The molecule has 30 heavy (non-hydrogen) atoms. The average Bonchev–Trinajstić information content (AvgIpc) is 2.76. The number of nitrogens with one attached hydrogen (secondary N) is 1. The van der Waals surface area contributed by atoms with E-state index in [1.54, 1.807) is 25.4 Å². The standard InChI is InChI=1S/C22H21BrCl2N2O3/c1-28-20-8-6-17(23)16(13-26-10-11-29-21-4-2-3-9-27-21)22(20)30-14-15-5-7-18(24)19(25)12-15/h2-9,12,26H,10-11,13-14H2,1H3. The summed E-state index contributed by atoms with van der Waals surface area (Å²) < 4.78 is 18.1. The van der Waals surface area contributed by atoms with Crippen LogP contribution >= 0.6 is 39.1 Å². The molecule has 0 atom stereocenters. The predicted molar refractivity (Wildman–Crippen MR) is 123 cm³/mol. The van der Waals surface area contributed by atoms with Crippen LogP contribution in [0.1, 0.15) is 11.1 Å². The van der Waals surface area contributed by atoms with E-state index in [9.17, 15) is 0 Å². The third-order valence-corrected chi connectivity index (χ3v) is 5.70. The first kappa shape index (κ1) is 22.7. The lowest BCUT2D eigenvalue weighted by molar-refractivity contribution is 0.278. The maximum Gasteiger partial charge on any atom is 0.213 e. The van der Waals surface area contributed by atoms with Crippen LogP contribution in [0.4, 0.5) is 0 Å². The van der Waals surface area contributed by atoms with Gasteiger partial charge in [0.15, 0.2) is 11.5 Å². The van der Waals surface area contributed by atoms with Crippen LogP contribution in [0.2, 0.25) is 10.0 Å². The number of rotatable bonds is 10. The number of ether oxygens (including phenoxy) is 3. The van der Waals surface area contributed by atoms with E-state index in [0.717, 1.165) is 15.6 Å². The lowest BCUT2D eigenvalue weighted by Crippen LogP contribution is -2.21. The van der Waals surface area contributed by atoms with Crippen molar-refractivity contribution in [3.8, 4) is 17.4 Å². The summed E-state index contributed by atoms with van der Waals surface area (Å²) in [6.45, 7) is 2.05. The summed E-state index contributed by atoms with van der Waals surface area (Å²) in [5.41, 5.74) is 1.86. The van der Waals surface area contributed by atoms with Crippen molar-refractivity contribution in [2.45, 2.75) is 13.2 Å². The Morgan fingerprint density at radius 1 is 1.03 bits per heavy atom. The normalized spacial score (nSPS) is 10.7. The van der Waals surface area contributed by atoms with Crippen LogP contribution in [0, 0.1) is 0 Å². The lowest BCUT2D eigenvalue weighted by Gasteiger charge is -2.17. The first-order valence-corrected chi connectivity index (χ1v) is 10.8. The zero-order valence-corrected chi connectivity index (χ0v) is 19.4. The second-order valence-electron chi connectivity index (χ2n) is 6.29. The second-order valence-corrected chi connectivity index (χ2v) is 7.96. The van der Waals surface area contributed by atoms with E-state index >= 15 is 0 Å². The molecule has 8 heteroatoms. The molecular formula is C22H21BrCl2N2O3. The Kier molecular flexibility index (Phi) is 8.63. The molecule has 0 radical (unpaired) electrons. The van der Waals surface area contributed by atoms with Gasteiger partial charge in [-0.1, -0.05) is 51.3 Å². The van der Waals surface area contributed by atoms with Crippen molar-refractivity contribution in [2.24, 2.45) is 0 Å². The second kappa shape index (κ2) is 11.4. The fourth-order valence-electron chi connectivity index (χ4n) is 2.72. The van der Waals surface area contributed by atoms with E-state index in [1.807, 2.05) is 36.4 Å². The molecule has 3 aromatic rings. The topological polar surface area (TPSA) is 52.6 Å². The molecule has 0 aliphatic carbocycles. The summed E-state index contributed by atoms with van der Waals surface area (Å²) in [6.07, 6.45) is 1.70. The highest BCUT2D eigenvalue weighted by Gasteiger charge is 2.15. The lowest BCUT2D eigenvalue weighted by atomic mass is 10.1. The van der Waals surface area contributed by atoms with Gasteiger partial charge in [-0.25, -0.2) is 4.98 Å². The summed E-state index contributed by atoms with van der Waals surface area (Å²) in [6, 6.07) is 14.8. The molecule has 3 rings (SSSR count). The van der Waals surface area contributed by atoms with Crippen LogP contribution in [-0.4, -0.2) is 25.2 Å². The molecule has 1 N–H and O–H groups in total. The first-order chi connectivity index (χ1) is 14.6. The van der Waals surface area contributed by atoms with Gasteiger partial charge >= 0.3 is 0 Å². The van der Waals surface area contributed by atoms with Crippen molar-refractivity contribution in [3.05, 3.63) is 80.4 Å². The minimum Gasteiger partial charge on any atom is -0.493 e. The molecule has 5 nitrogen and oxygen atoms in total. The Morgan fingerprint density at radius 2 is 1.90 bits per heavy atom. The van der Waals surface area contributed by atoms with Crippen molar-refractivity contribution in [1.82, 2.24) is 10.3 Å². The molecule has 2 aromatic carbocycles. The van der Waals surface area contributed by atoms with Crippen LogP contribution in [0.3, 0.4) is 0 Å². The Bertz CT molecular complexity index is 974. The van der Waals surface area contributed by atoms with E-state index in [0.29, 0.717) is 53.7 Å². The molecule has 1 heterocycles. The summed E-state index contributed by atoms with van der Waals surface area (Å²) in [4.78, 5) is 4.14. The highest BCUT2D eigenvalue weighted by Crippen LogP contribution is 2.37. The van der Waals surface area contributed by atoms with E-state index in [4.69, 9.17) is 37.4 Å². The van der Waals surface area contributed by atoms with E-state index in [2.05, 4.69) is 26.2 Å². The fourth-order valence-corrected chi connectivity index (χ4v) is 3.50. The van der Waals surface area contributed by atoms with Crippen LogP contribution in [0.15, 0.2) is 59.2 Å². The van der Waals surface area contributed by atoms with E-state index in [-0.39, 0.29) is 0 Å². The number of aromatic nitrogens is 1. The van der Waals surface area contributed by atoms with E-state index in [1.165, 1.54) is 0 Å². The smallest absolute Gasteiger partial charge is 0.213 e. The minimum absolute atomic E-state index is 0.333. The Morgan fingerprint density at radius 3 is 2.63 bits per heavy atom. The summed E-state index contributed by atoms with van der Waals surface area (Å²) >= 11 is 15.7. The SMILES string of the molecule is COc1ccc(Br)c(CNCCOc2ccccn2)c1OCc1ccc(Cl)c(Cl)c1. The molecule has 0 unspecified atom stereocenters. The number of methoxy groups -OCH3 is 1. The highest BCUT2D eigenvalue weighted by atomic mass is 79.9. The highest BCUT2D eigenvalue weighted by molar-refractivity contribution is 9.10. The van der Waals surface area contributed by atoms with Gasteiger partial charge in [0.2, 0.25) is 5.88 Å². The maximum absolute atomic E-state index is 6.11. The van der Waals surface area contributed by atoms with Gasteiger partial charge in [-0.2, -0.15) is 0 Å². The van der Waals surface area contributed by atoms with Crippen LogP contribution in [-0.2, 0) is 13.2 Å². The molecule has 0 fully saturated rings. The number of nitrogens with zero attached hydrogens (tertiary/aromatic N) is 1. The zero-order chi connectivity index (χ0) is 21.3. The molecule has 0 aliphatic rings. The third-order valence-electron chi connectivity index (χ3n) is 4.22. The van der Waals surface area contributed by atoms with Crippen LogP contribution < -0.4 is 19.5 Å². The molecule has 0 bridgehead atoms. The molecule has 158 valence electrons. The number of pyridine rings is 1. The van der Waals surface area contributed by atoms with Crippen LogP contribution in [0.25, 0.3) is 0 Å². The third kappa shape index (κ3) is 6.25. The van der Waals surface area contributed by atoms with Crippen molar-refractivity contribution < 1.29 is 14.2 Å². The number of hydrogen-bond acceptors (Lipinski definition) is 5. The van der Waals surface area contributed by atoms with Gasteiger partial charge in [0.1, 0.15) is 13.2 Å². The van der Waals surface area contributed by atoms with Gasteiger partial charge in [0.05, 0.1) is 17.2 Å². The Labute approximate surface area is 194 Å². The predicted octanol–water partition coefficient (Wildman–Crippen LogP) is 5.91. The molecule has 0 saturated heterocycles. The van der Waals surface area contributed by atoms with Crippen molar-refractivity contribution in [3.63, 3.8) is 0 Å². The summed E-state index contributed by atoms with van der Waals surface area (Å²) in [5, 5.41) is 4.37. The number of benzene rings is 2. The first-order valence-electron chi connectivity index (χ1n) is 9.25. The average molecular weight is 512 g/mol. The van der Waals surface area contributed by atoms with Crippen molar-refractivity contribution in [2.75, 3.05) is 20.3 Å². The number of hydrogen-bond donors (Lipinski definition) is 1. The van der Waals surface area contributed by atoms with Crippen molar-refractivity contribution in [1.29, 1.82) is 0 Å². The summed E-state index contributed by atoms with van der Waals surface area (Å²) in [5.74, 6) is 1.92. The fraction of sp³-hybridized carbons (Fsp3) is 0.227. The van der Waals surface area contributed by atoms with Gasteiger partial charge in [0, 0.05) is 35.4 Å². The van der Waals surface area contributed by atoms with Gasteiger partial charge in [-0.15, -0.1) is 0 Å². The molecule has 1 aromatic heterocycles. The molecule has 0 spiro atoms. The zero-order valence-electron chi connectivity index (χ0n) is 16.3. The van der Waals surface area contributed by atoms with Gasteiger partial charge in [-0.3, -0.25) is 0 Å². The van der Waals surface area contributed by atoms with Gasteiger partial charge in [-0.05, 0) is 35.9 Å². The largest absolute Gasteiger partial charge is 0.493 e. The maximum atomic E-state index is 6.11. The molecule has 0 saturated carbocycles. The Hall–Kier alpha value is -1.99. The molecule has 0 aliphatic heterocycles. The Balaban J connectivity index is 1.63. The van der Waals surface area contributed by atoms with Gasteiger partial charge < -0.3 is 19.5 Å². The molecule has 0 amide bonds. The molecular weight excluding hydrogens is 491 g/mol. The van der Waals surface area contributed by atoms with Gasteiger partial charge in [0.25, 0.3) is 0 Å². The monoisotopic (exact) mass is 510 g/mol. The quantitative estimate of drug-likeness (QED) is 0.343. The minimum atomic E-state index is 0.333. The summed E-state index contributed by atoms with van der Waals surface area (Å²) in [7, 11) is 1.62. The van der Waals surface area contributed by atoms with Crippen LogP contribution in [0.5, 0.6) is 17.4 Å². The van der Waals surface area contributed by atoms with E-state index < -0.39 is 0 Å².